The van der Waals surface area contributed by atoms with E-state index in [4.69, 9.17) is 21.4 Å². The Hall–Kier alpha value is -1.82. The molecule has 0 bridgehead atoms. The average molecular weight is 316 g/mol. The molecule has 5 nitrogen and oxygen atoms in total. The fourth-order valence-corrected chi connectivity index (χ4v) is 2.75. The number of hydrogen-bond donors (Lipinski definition) is 1. The predicted molar refractivity (Wildman–Crippen MR) is 73.6 cm³/mol. The Morgan fingerprint density at radius 3 is 2.76 bits per heavy atom. The summed E-state index contributed by atoms with van der Waals surface area (Å²) in [6, 6.07) is 3.46. The van der Waals surface area contributed by atoms with Crippen LogP contribution in [0.2, 0.25) is 5.02 Å². The van der Waals surface area contributed by atoms with Gasteiger partial charge in [-0.3, -0.25) is 4.79 Å². The number of halogens is 2. The van der Waals surface area contributed by atoms with Gasteiger partial charge in [0.05, 0.1) is 19.1 Å². The van der Waals surface area contributed by atoms with Crippen LogP contribution in [0.25, 0.3) is 0 Å². The fourth-order valence-electron chi connectivity index (χ4n) is 2.59. The minimum atomic E-state index is -0.945. The highest BCUT2D eigenvalue weighted by atomic mass is 35.5. The van der Waals surface area contributed by atoms with Crippen LogP contribution in [0.15, 0.2) is 18.2 Å². The zero-order valence-corrected chi connectivity index (χ0v) is 12.1. The van der Waals surface area contributed by atoms with Gasteiger partial charge in [0.15, 0.2) is 0 Å². The first-order chi connectivity index (χ1) is 9.93. The highest BCUT2D eigenvalue weighted by molar-refractivity contribution is 6.30. The Morgan fingerprint density at radius 1 is 1.48 bits per heavy atom. The Labute approximate surface area is 126 Å². The molecule has 1 fully saturated rings. The minimum absolute atomic E-state index is 0.142. The molecule has 1 aliphatic rings. The van der Waals surface area contributed by atoms with Crippen molar-refractivity contribution in [1.29, 1.82) is 0 Å². The molecule has 1 aromatic carbocycles. The Morgan fingerprint density at radius 2 is 2.19 bits per heavy atom. The molecule has 21 heavy (non-hydrogen) atoms. The number of benzene rings is 1. The highest BCUT2D eigenvalue weighted by Crippen LogP contribution is 2.36. The van der Waals surface area contributed by atoms with E-state index in [2.05, 4.69) is 0 Å². The zero-order chi connectivity index (χ0) is 15.6. The van der Waals surface area contributed by atoms with E-state index in [9.17, 15) is 14.0 Å². The van der Waals surface area contributed by atoms with Crippen molar-refractivity contribution < 1.29 is 23.8 Å². The van der Waals surface area contributed by atoms with Crippen molar-refractivity contribution in [2.45, 2.75) is 18.9 Å². The van der Waals surface area contributed by atoms with Crippen LogP contribution in [0.5, 0.6) is 0 Å². The molecule has 2 atom stereocenters. The third-order valence-corrected chi connectivity index (χ3v) is 3.92. The van der Waals surface area contributed by atoms with Crippen molar-refractivity contribution in [3.05, 3.63) is 34.6 Å². The summed E-state index contributed by atoms with van der Waals surface area (Å²) in [5, 5.41) is 9.39. The SMILES string of the molecule is COC(=O)N1CCC(C(=O)O)CC1c1ccc(Cl)cc1F. The minimum Gasteiger partial charge on any atom is -0.481 e. The third-order valence-electron chi connectivity index (χ3n) is 3.68. The van der Waals surface area contributed by atoms with Gasteiger partial charge >= 0.3 is 12.1 Å². The van der Waals surface area contributed by atoms with Crippen LogP contribution in [0.4, 0.5) is 9.18 Å². The van der Waals surface area contributed by atoms with E-state index < -0.39 is 29.8 Å². The molecule has 114 valence electrons. The first-order valence-electron chi connectivity index (χ1n) is 6.46. The molecule has 7 heteroatoms. The van der Waals surface area contributed by atoms with E-state index in [0.29, 0.717) is 6.42 Å². The van der Waals surface area contributed by atoms with Crippen molar-refractivity contribution in [3.8, 4) is 0 Å². The van der Waals surface area contributed by atoms with Gasteiger partial charge < -0.3 is 14.7 Å². The predicted octanol–water partition coefficient (Wildman–Crippen LogP) is 3.08. The molecule has 0 saturated carbocycles. The molecule has 1 heterocycles. The summed E-state index contributed by atoms with van der Waals surface area (Å²) >= 11 is 5.72. The number of carboxylic acid groups (broad SMARTS) is 1. The smallest absolute Gasteiger partial charge is 0.409 e. The lowest BCUT2D eigenvalue weighted by Gasteiger charge is -2.37. The van der Waals surface area contributed by atoms with E-state index in [1.165, 1.54) is 24.1 Å². The van der Waals surface area contributed by atoms with E-state index in [1.54, 1.807) is 0 Å². The van der Waals surface area contributed by atoms with E-state index in [1.807, 2.05) is 0 Å². The zero-order valence-electron chi connectivity index (χ0n) is 11.4. The number of aliphatic carboxylic acids is 1. The number of carbonyl (C=O) groups is 2. The van der Waals surface area contributed by atoms with Crippen molar-refractivity contribution in [2.24, 2.45) is 5.92 Å². The van der Waals surface area contributed by atoms with Gasteiger partial charge in [0.25, 0.3) is 0 Å². The van der Waals surface area contributed by atoms with Gasteiger partial charge in [-0.25, -0.2) is 9.18 Å². The van der Waals surface area contributed by atoms with Crippen molar-refractivity contribution in [3.63, 3.8) is 0 Å². The van der Waals surface area contributed by atoms with Gasteiger partial charge in [-0.15, -0.1) is 0 Å². The Bertz CT molecular complexity index is 566. The molecule has 0 aliphatic carbocycles. The maximum absolute atomic E-state index is 14.1. The number of methoxy groups -OCH3 is 1. The Balaban J connectivity index is 2.36. The molecule has 1 aromatic rings. The Kier molecular flexibility index (Phi) is 4.67. The van der Waals surface area contributed by atoms with Crippen molar-refractivity contribution in [2.75, 3.05) is 13.7 Å². The lowest BCUT2D eigenvalue weighted by molar-refractivity contribution is -0.144. The maximum Gasteiger partial charge on any atom is 0.409 e. The molecule has 1 saturated heterocycles. The largest absolute Gasteiger partial charge is 0.481 e. The van der Waals surface area contributed by atoms with Gasteiger partial charge in [0.1, 0.15) is 5.82 Å². The monoisotopic (exact) mass is 315 g/mol. The van der Waals surface area contributed by atoms with Crippen LogP contribution < -0.4 is 0 Å². The van der Waals surface area contributed by atoms with E-state index in [-0.39, 0.29) is 23.6 Å². The summed E-state index contributed by atoms with van der Waals surface area (Å²) in [6.45, 7) is 0.205. The number of carboxylic acids is 1. The molecular weight excluding hydrogens is 301 g/mol. The molecule has 2 unspecified atom stereocenters. The van der Waals surface area contributed by atoms with Crippen LogP contribution in [0.1, 0.15) is 24.4 Å². The van der Waals surface area contributed by atoms with E-state index >= 15 is 0 Å². The third kappa shape index (κ3) is 3.26. The number of nitrogens with zero attached hydrogens (tertiary/aromatic N) is 1. The van der Waals surface area contributed by atoms with E-state index in [0.717, 1.165) is 6.07 Å². The second-order valence-electron chi connectivity index (χ2n) is 4.90. The molecule has 0 spiro atoms. The number of piperidine rings is 1. The molecule has 1 aliphatic heterocycles. The number of rotatable bonds is 2. The van der Waals surface area contributed by atoms with Gasteiger partial charge in [-0.05, 0) is 25.0 Å². The molecule has 0 aromatic heterocycles. The van der Waals surface area contributed by atoms with Gasteiger partial charge in [0.2, 0.25) is 0 Å². The summed E-state index contributed by atoms with van der Waals surface area (Å²) in [4.78, 5) is 24.3. The summed E-state index contributed by atoms with van der Waals surface area (Å²) in [5.41, 5.74) is 0.246. The lowest BCUT2D eigenvalue weighted by Crippen LogP contribution is -2.42. The van der Waals surface area contributed by atoms with Crippen molar-refractivity contribution in [1.82, 2.24) is 4.90 Å². The average Bonchev–Trinajstić information content (AvgIpc) is 2.46. The van der Waals surface area contributed by atoms with Crippen LogP contribution >= 0.6 is 11.6 Å². The van der Waals surface area contributed by atoms with Crippen molar-refractivity contribution >= 4 is 23.7 Å². The fraction of sp³-hybridized carbons (Fsp3) is 0.429. The quantitative estimate of drug-likeness (QED) is 0.910. The summed E-state index contributed by atoms with van der Waals surface area (Å²) < 4.78 is 18.8. The second-order valence-corrected chi connectivity index (χ2v) is 5.34. The van der Waals surface area contributed by atoms with Gasteiger partial charge in [-0.1, -0.05) is 17.7 Å². The molecular formula is C14H15ClFNO4. The number of likely N-dealkylation sites (tertiary alicyclic amines) is 1. The topological polar surface area (TPSA) is 66.8 Å². The molecule has 1 amide bonds. The summed E-state index contributed by atoms with van der Waals surface area (Å²) in [6.07, 6.45) is -0.141. The maximum atomic E-state index is 14.1. The second kappa shape index (κ2) is 6.30. The van der Waals surface area contributed by atoms with Gasteiger partial charge in [0, 0.05) is 17.1 Å². The van der Waals surface area contributed by atoms with Crippen LogP contribution in [-0.4, -0.2) is 35.7 Å². The number of ether oxygens (including phenoxy) is 1. The van der Waals surface area contributed by atoms with Gasteiger partial charge in [-0.2, -0.15) is 0 Å². The number of hydrogen-bond acceptors (Lipinski definition) is 3. The first-order valence-corrected chi connectivity index (χ1v) is 6.84. The number of amides is 1. The first kappa shape index (κ1) is 15.6. The molecule has 1 N–H and O–H groups in total. The standard InChI is InChI=1S/C14H15ClFNO4/c1-21-14(20)17-5-4-8(13(18)19)6-12(17)10-3-2-9(15)7-11(10)16/h2-3,7-8,12H,4-6H2,1H3,(H,18,19). The number of carbonyl (C=O) groups excluding carboxylic acids is 1. The summed E-state index contributed by atoms with van der Waals surface area (Å²) in [5.74, 6) is -2.13. The highest BCUT2D eigenvalue weighted by Gasteiger charge is 2.37. The normalized spacial score (nSPS) is 22.0. The summed E-state index contributed by atoms with van der Waals surface area (Å²) in [7, 11) is 1.24. The van der Waals surface area contributed by atoms with Crippen LogP contribution in [0.3, 0.4) is 0 Å². The molecule has 0 radical (unpaired) electrons. The lowest BCUT2D eigenvalue weighted by atomic mass is 9.87. The van der Waals surface area contributed by atoms with Crippen LogP contribution in [-0.2, 0) is 9.53 Å². The molecule has 2 rings (SSSR count). The van der Waals surface area contributed by atoms with Crippen LogP contribution in [0, 0.1) is 11.7 Å².